The molecule has 1 fully saturated rings. The molecule has 1 aliphatic heterocycles. The second kappa shape index (κ2) is 8.48. The lowest BCUT2D eigenvalue weighted by Gasteiger charge is -2.24. The molecule has 1 unspecified atom stereocenters. The highest BCUT2D eigenvalue weighted by atomic mass is 19.4. The fourth-order valence-corrected chi connectivity index (χ4v) is 3.85. The normalized spacial score (nSPS) is 17.6. The molecule has 2 heterocycles. The van der Waals surface area contributed by atoms with E-state index in [2.05, 4.69) is 10.2 Å². The smallest absolute Gasteiger partial charge is 0.417 e. The third-order valence-electron chi connectivity index (χ3n) is 5.61. The number of nitrogens with zero attached hydrogens (tertiary/aromatic N) is 4. The monoisotopic (exact) mass is 470 g/mol. The summed E-state index contributed by atoms with van der Waals surface area (Å²) in [5, 5.41) is 17.0. The number of nitriles is 1. The van der Waals surface area contributed by atoms with Crippen LogP contribution in [0.2, 0.25) is 0 Å². The summed E-state index contributed by atoms with van der Waals surface area (Å²) in [6, 6.07) is 12.1. The maximum Gasteiger partial charge on any atom is 0.417 e. The summed E-state index contributed by atoms with van der Waals surface area (Å²) in [7, 11) is 0. The van der Waals surface area contributed by atoms with Gasteiger partial charge in [-0.3, -0.25) is 4.79 Å². The zero-order chi connectivity index (χ0) is 24.7. The van der Waals surface area contributed by atoms with Crippen LogP contribution < -0.4 is 4.74 Å². The number of aromatic nitrogens is 2. The zero-order valence-corrected chi connectivity index (χ0v) is 18.7. The second-order valence-electron chi connectivity index (χ2n) is 8.86. The Labute approximate surface area is 193 Å². The number of carbonyl (C=O) groups is 1. The maximum atomic E-state index is 13.3. The summed E-state index contributed by atoms with van der Waals surface area (Å²) in [6.45, 7) is 5.86. The quantitative estimate of drug-likeness (QED) is 0.534. The Balaban J connectivity index is 1.51. The van der Waals surface area contributed by atoms with E-state index >= 15 is 0 Å². The number of likely N-dealkylation sites (tertiary alicyclic amines) is 1. The van der Waals surface area contributed by atoms with E-state index in [1.165, 1.54) is 17.0 Å². The number of hydrogen-bond acceptors (Lipinski definition) is 6. The first-order chi connectivity index (χ1) is 16.0. The fraction of sp³-hybridized carbons (Fsp3) is 0.333. The molecule has 2 aromatic carbocycles. The molecule has 10 heteroatoms. The van der Waals surface area contributed by atoms with Crippen molar-refractivity contribution in [3.8, 4) is 23.3 Å². The summed E-state index contributed by atoms with van der Waals surface area (Å²) >= 11 is 0. The van der Waals surface area contributed by atoms with Crippen molar-refractivity contribution < 1.29 is 27.1 Å². The number of amides is 1. The molecule has 4 rings (SSSR count). The van der Waals surface area contributed by atoms with Crippen LogP contribution in [0.1, 0.15) is 36.4 Å². The third kappa shape index (κ3) is 4.59. The standard InChI is InChI=1S/C24H21F3N4O3/c1-14-4-6-15(7-5-14)21-30-29-19(34-21)12-31-13-23(2,3)20(22(31)32)33-17-9-8-16(11-28)18(10-17)24(25,26)27/h4-10,20H,12-13H2,1-3H3. The van der Waals surface area contributed by atoms with Gasteiger partial charge >= 0.3 is 6.18 Å². The molecule has 1 aliphatic rings. The molecule has 0 saturated carbocycles. The molecule has 0 radical (unpaired) electrons. The van der Waals surface area contributed by atoms with Crippen LogP contribution in [0.15, 0.2) is 46.9 Å². The van der Waals surface area contributed by atoms with Crippen molar-refractivity contribution >= 4 is 5.91 Å². The van der Waals surface area contributed by atoms with Crippen LogP contribution in [0, 0.1) is 23.7 Å². The number of aryl methyl sites for hydroxylation is 1. The molecule has 1 atom stereocenters. The van der Waals surface area contributed by atoms with Crippen LogP contribution in [-0.4, -0.2) is 33.7 Å². The van der Waals surface area contributed by atoms with E-state index in [9.17, 15) is 18.0 Å². The van der Waals surface area contributed by atoms with Gasteiger partial charge in [-0.2, -0.15) is 18.4 Å². The predicted molar refractivity (Wildman–Crippen MR) is 114 cm³/mol. The average Bonchev–Trinajstić information content (AvgIpc) is 3.32. The van der Waals surface area contributed by atoms with E-state index in [-0.39, 0.29) is 24.7 Å². The highest BCUT2D eigenvalue weighted by Crippen LogP contribution is 2.38. The first-order valence-corrected chi connectivity index (χ1v) is 10.4. The molecule has 1 aromatic heterocycles. The summed E-state index contributed by atoms with van der Waals surface area (Å²) in [5.74, 6) is 0.0149. The van der Waals surface area contributed by atoms with E-state index in [1.54, 1.807) is 13.8 Å². The van der Waals surface area contributed by atoms with Gasteiger partial charge in [-0.05, 0) is 37.3 Å². The molecule has 34 heavy (non-hydrogen) atoms. The highest BCUT2D eigenvalue weighted by Gasteiger charge is 2.48. The minimum Gasteiger partial charge on any atom is -0.480 e. The van der Waals surface area contributed by atoms with Gasteiger partial charge in [-0.1, -0.05) is 31.5 Å². The van der Waals surface area contributed by atoms with Gasteiger partial charge in [-0.25, -0.2) is 0 Å². The zero-order valence-electron chi connectivity index (χ0n) is 18.7. The van der Waals surface area contributed by atoms with Crippen molar-refractivity contribution in [3.05, 3.63) is 65.0 Å². The van der Waals surface area contributed by atoms with Gasteiger partial charge in [0.2, 0.25) is 11.8 Å². The first-order valence-electron chi connectivity index (χ1n) is 10.4. The Morgan fingerprint density at radius 1 is 1.21 bits per heavy atom. The van der Waals surface area contributed by atoms with Gasteiger partial charge in [0.25, 0.3) is 5.91 Å². The summed E-state index contributed by atoms with van der Waals surface area (Å²) < 4.78 is 51.3. The van der Waals surface area contributed by atoms with Gasteiger partial charge in [0, 0.05) is 17.5 Å². The van der Waals surface area contributed by atoms with Crippen molar-refractivity contribution in [3.63, 3.8) is 0 Å². The van der Waals surface area contributed by atoms with Crippen LogP contribution >= 0.6 is 0 Å². The predicted octanol–water partition coefficient (Wildman–Crippen LogP) is 4.75. The van der Waals surface area contributed by atoms with Gasteiger partial charge in [-0.15, -0.1) is 10.2 Å². The molecule has 0 bridgehead atoms. The topological polar surface area (TPSA) is 92.2 Å². The largest absolute Gasteiger partial charge is 0.480 e. The molecule has 176 valence electrons. The molecule has 0 N–H and O–H groups in total. The van der Waals surface area contributed by atoms with Gasteiger partial charge in [0.1, 0.15) is 5.75 Å². The Kier molecular flexibility index (Phi) is 5.81. The number of hydrogen-bond donors (Lipinski definition) is 0. The molecular weight excluding hydrogens is 449 g/mol. The maximum absolute atomic E-state index is 13.3. The minimum atomic E-state index is -4.72. The van der Waals surface area contributed by atoms with Crippen LogP contribution in [0.4, 0.5) is 13.2 Å². The molecule has 0 aliphatic carbocycles. The Bertz CT molecular complexity index is 1260. The average molecular weight is 470 g/mol. The Morgan fingerprint density at radius 2 is 1.91 bits per heavy atom. The number of rotatable bonds is 5. The molecule has 7 nitrogen and oxygen atoms in total. The third-order valence-corrected chi connectivity index (χ3v) is 5.61. The second-order valence-corrected chi connectivity index (χ2v) is 8.86. The fourth-order valence-electron chi connectivity index (χ4n) is 3.85. The number of ether oxygens (including phenoxy) is 1. The summed E-state index contributed by atoms with van der Waals surface area (Å²) in [4.78, 5) is 14.6. The highest BCUT2D eigenvalue weighted by molar-refractivity contribution is 5.84. The molecule has 1 saturated heterocycles. The summed E-state index contributed by atoms with van der Waals surface area (Å²) in [6.07, 6.45) is -5.75. The molecular formula is C24H21F3N4O3. The SMILES string of the molecule is Cc1ccc(-c2nnc(CN3CC(C)(C)C(Oc4ccc(C#N)c(C(F)(F)F)c4)C3=O)o2)cc1. The van der Waals surface area contributed by atoms with Crippen molar-refractivity contribution in [2.24, 2.45) is 5.41 Å². The first kappa shape index (κ1) is 23.3. The number of alkyl halides is 3. The summed E-state index contributed by atoms with van der Waals surface area (Å²) in [5.41, 5.74) is -0.492. The van der Waals surface area contributed by atoms with Gasteiger partial charge in [0.05, 0.1) is 23.7 Å². The minimum absolute atomic E-state index is 0.0438. The van der Waals surface area contributed by atoms with Crippen LogP contribution in [0.3, 0.4) is 0 Å². The Morgan fingerprint density at radius 3 is 2.56 bits per heavy atom. The van der Waals surface area contributed by atoms with Crippen LogP contribution in [0.5, 0.6) is 5.75 Å². The lowest BCUT2D eigenvalue weighted by atomic mass is 9.89. The van der Waals surface area contributed by atoms with Crippen LogP contribution in [-0.2, 0) is 17.5 Å². The van der Waals surface area contributed by atoms with E-state index < -0.39 is 34.7 Å². The molecule has 1 amide bonds. The van der Waals surface area contributed by atoms with E-state index in [1.807, 2.05) is 31.2 Å². The number of halogens is 3. The number of benzene rings is 2. The molecule has 3 aromatic rings. The van der Waals surface area contributed by atoms with Crippen molar-refractivity contribution in [2.45, 2.75) is 39.6 Å². The van der Waals surface area contributed by atoms with E-state index in [0.717, 1.165) is 23.3 Å². The molecule has 0 spiro atoms. The lowest BCUT2D eigenvalue weighted by Crippen LogP contribution is -2.36. The van der Waals surface area contributed by atoms with Gasteiger partial charge < -0.3 is 14.1 Å². The van der Waals surface area contributed by atoms with Crippen LogP contribution in [0.25, 0.3) is 11.5 Å². The lowest BCUT2D eigenvalue weighted by molar-refractivity contribution is -0.138. The Hall–Kier alpha value is -3.87. The van der Waals surface area contributed by atoms with Crippen molar-refractivity contribution in [2.75, 3.05) is 6.54 Å². The van der Waals surface area contributed by atoms with E-state index in [0.29, 0.717) is 5.89 Å². The van der Waals surface area contributed by atoms with Gasteiger partial charge in [0.15, 0.2) is 6.10 Å². The van der Waals surface area contributed by atoms with E-state index in [4.69, 9.17) is 14.4 Å². The van der Waals surface area contributed by atoms with Crippen molar-refractivity contribution in [1.82, 2.24) is 15.1 Å². The number of carbonyl (C=O) groups excluding carboxylic acids is 1. The van der Waals surface area contributed by atoms with Crippen molar-refractivity contribution in [1.29, 1.82) is 5.26 Å².